The maximum absolute atomic E-state index is 11.5. The molecule has 1 aromatic rings. The molecule has 0 saturated carbocycles. The van der Waals surface area contributed by atoms with Crippen LogP contribution in [0, 0.1) is 0 Å². The monoisotopic (exact) mass is 263 g/mol. The largest absolute Gasteiger partial charge is 0.476 e. The van der Waals surface area contributed by atoms with Gasteiger partial charge in [0.15, 0.2) is 5.69 Å². The molecule has 2 aliphatic heterocycles. The normalized spacial score (nSPS) is 22.1. The fourth-order valence-electron chi connectivity index (χ4n) is 2.41. The van der Waals surface area contributed by atoms with Gasteiger partial charge in [-0.25, -0.2) is 19.6 Å². The van der Waals surface area contributed by atoms with Crippen molar-refractivity contribution in [3.8, 4) is 0 Å². The van der Waals surface area contributed by atoms with Gasteiger partial charge in [0, 0.05) is 26.2 Å². The Bertz CT molecular complexity index is 518. The summed E-state index contributed by atoms with van der Waals surface area (Å²) in [6.07, 6.45) is 2.71. The maximum atomic E-state index is 11.5. The zero-order valence-corrected chi connectivity index (χ0v) is 10.1. The van der Waals surface area contributed by atoms with Crippen molar-refractivity contribution in [3.63, 3.8) is 0 Å². The summed E-state index contributed by atoms with van der Waals surface area (Å²) in [6.45, 7) is 2.62. The van der Waals surface area contributed by atoms with Crippen molar-refractivity contribution in [2.75, 3.05) is 31.1 Å². The Morgan fingerprint density at radius 2 is 2.21 bits per heavy atom. The van der Waals surface area contributed by atoms with Gasteiger partial charge in [0.2, 0.25) is 0 Å². The van der Waals surface area contributed by atoms with Crippen LogP contribution in [-0.4, -0.2) is 64.2 Å². The standard InChI is InChI=1S/C11H13N5O3/c17-10(18)8-4-13-9(5-12-8)15-1-2-16-7(6-15)3-14-11(16)19/h4-5,7H,1-3,6H2,(H,14,19)(H,17,18). The molecule has 2 fully saturated rings. The molecular weight excluding hydrogens is 250 g/mol. The number of fused-ring (bicyclic) bond motifs is 1. The van der Waals surface area contributed by atoms with Crippen molar-refractivity contribution < 1.29 is 14.7 Å². The van der Waals surface area contributed by atoms with Crippen molar-refractivity contribution >= 4 is 17.8 Å². The lowest BCUT2D eigenvalue weighted by Crippen LogP contribution is -2.52. The lowest BCUT2D eigenvalue weighted by Gasteiger charge is -2.36. The van der Waals surface area contributed by atoms with Gasteiger partial charge in [-0.05, 0) is 0 Å². The summed E-state index contributed by atoms with van der Waals surface area (Å²) < 4.78 is 0. The summed E-state index contributed by atoms with van der Waals surface area (Å²) in [5.74, 6) is -0.446. The van der Waals surface area contributed by atoms with Crippen LogP contribution in [0.2, 0.25) is 0 Å². The topological polar surface area (TPSA) is 98.7 Å². The number of aromatic carboxylic acids is 1. The molecule has 100 valence electrons. The van der Waals surface area contributed by atoms with Crippen LogP contribution in [0.4, 0.5) is 10.6 Å². The molecular formula is C11H13N5O3. The minimum atomic E-state index is -1.09. The number of urea groups is 1. The summed E-state index contributed by atoms with van der Waals surface area (Å²) >= 11 is 0. The molecule has 0 aliphatic carbocycles. The van der Waals surface area contributed by atoms with Crippen LogP contribution in [0.3, 0.4) is 0 Å². The number of carboxylic acids is 1. The number of rotatable bonds is 2. The van der Waals surface area contributed by atoms with Crippen molar-refractivity contribution in [1.82, 2.24) is 20.2 Å². The second kappa shape index (κ2) is 4.38. The molecule has 8 heteroatoms. The molecule has 2 aliphatic rings. The second-order valence-electron chi connectivity index (χ2n) is 4.54. The summed E-state index contributed by atoms with van der Waals surface area (Å²) in [5.41, 5.74) is -0.0694. The van der Waals surface area contributed by atoms with Crippen LogP contribution in [0.15, 0.2) is 12.4 Å². The van der Waals surface area contributed by atoms with E-state index in [1.807, 2.05) is 9.80 Å². The van der Waals surface area contributed by atoms with Crippen LogP contribution in [0.25, 0.3) is 0 Å². The van der Waals surface area contributed by atoms with E-state index in [2.05, 4.69) is 15.3 Å². The maximum Gasteiger partial charge on any atom is 0.356 e. The van der Waals surface area contributed by atoms with Gasteiger partial charge in [0.1, 0.15) is 5.82 Å². The van der Waals surface area contributed by atoms with Crippen molar-refractivity contribution in [1.29, 1.82) is 0 Å². The van der Waals surface area contributed by atoms with E-state index in [1.54, 1.807) is 0 Å². The fraction of sp³-hybridized carbons (Fsp3) is 0.455. The van der Waals surface area contributed by atoms with Gasteiger partial charge < -0.3 is 20.2 Å². The van der Waals surface area contributed by atoms with Gasteiger partial charge in [-0.2, -0.15) is 0 Å². The molecule has 3 heterocycles. The highest BCUT2D eigenvalue weighted by molar-refractivity contribution is 5.85. The molecule has 0 radical (unpaired) electrons. The Balaban J connectivity index is 1.73. The van der Waals surface area contributed by atoms with Gasteiger partial charge in [-0.3, -0.25) is 0 Å². The summed E-state index contributed by atoms with van der Waals surface area (Å²) in [4.78, 5) is 34.0. The lowest BCUT2D eigenvalue weighted by atomic mass is 10.2. The summed E-state index contributed by atoms with van der Waals surface area (Å²) in [5, 5.41) is 11.6. The molecule has 1 atom stereocenters. The molecule has 1 unspecified atom stereocenters. The number of hydrogen-bond donors (Lipinski definition) is 2. The first-order valence-corrected chi connectivity index (χ1v) is 6.00. The van der Waals surface area contributed by atoms with Gasteiger partial charge >= 0.3 is 12.0 Å². The van der Waals surface area contributed by atoms with Crippen molar-refractivity contribution in [2.24, 2.45) is 0 Å². The summed E-state index contributed by atoms with van der Waals surface area (Å²) in [6, 6.07) is 0.124. The van der Waals surface area contributed by atoms with E-state index in [0.717, 1.165) is 0 Å². The third-order valence-electron chi connectivity index (χ3n) is 3.41. The molecule has 8 nitrogen and oxygen atoms in total. The molecule has 3 rings (SSSR count). The zero-order valence-electron chi connectivity index (χ0n) is 10.1. The predicted octanol–water partition coefficient (Wildman–Crippen LogP) is -0.611. The zero-order chi connectivity index (χ0) is 13.4. The fourth-order valence-corrected chi connectivity index (χ4v) is 2.41. The number of amides is 2. The van der Waals surface area contributed by atoms with Gasteiger partial charge in [0.25, 0.3) is 0 Å². The van der Waals surface area contributed by atoms with Crippen molar-refractivity contribution in [2.45, 2.75) is 6.04 Å². The van der Waals surface area contributed by atoms with Gasteiger partial charge in [-0.1, -0.05) is 0 Å². The van der Waals surface area contributed by atoms with Crippen molar-refractivity contribution in [3.05, 3.63) is 18.1 Å². The van der Waals surface area contributed by atoms with E-state index in [9.17, 15) is 9.59 Å². The number of nitrogens with one attached hydrogen (secondary N) is 1. The molecule has 2 saturated heterocycles. The number of carboxylic acid groups (broad SMARTS) is 1. The SMILES string of the molecule is O=C(O)c1cnc(N2CCN3C(=O)NCC3C2)cn1. The second-order valence-corrected chi connectivity index (χ2v) is 4.54. The quantitative estimate of drug-likeness (QED) is 0.738. The summed E-state index contributed by atoms with van der Waals surface area (Å²) in [7, 11) is 0. The van der Waals surface area contributed by atoms with E-state index in [0.29, 0.717) is 32.0 Å². The lowest BCUT2D eigenvalue weighted by molar-refractivity contribution is 0.0690. The number of carbonyl (C=O) groups is 2. The number of anilines is 1. The molecule has 2 N–H and O–H groups in total. The minimum absolute atomic E-state index is 0.0167. The van der Waals surface area contributed by atoms with E-state index in [-0.39, 0.29) is 17.8 Å². The molecule has 0 aromatic carbocycles. The molecule has 0 bridgehead atoms. The average molecular weight is 263 g/mol. The highest BCUT2D eigenvalue weighted by Crippen LogP contribution is 2.18. The molecule has 19 heavy (non-hydrogen) atoms. The third-order valence-corrected chi connectivity index (χ3v) is 3.41. The van der Waals surface area contributed by atoms with E-state index >= 15 is 0 Å². The molecule has 1 aromatic heterocycles. The predicted molar refractivity (Wildman–Crippen MR) is 65.1 cm³/mol. The van der Waals surface area contributed by atoms with Gasteiger partial charge in [-0.15, -0.1) is 0 Å². The van der Waals surface area contributed by atoms with E-state index in [4.69, 9.17) is 5.11 Å². The third kappa shape index (κ3) is 2.05. The Morgan fingerprint density at radius 1 is 1.37 bits per heavy atom. The first-order chi connectivity index (χ1) is 9.15. The van der Waals surface area contributed by atoms with E-state index < -0.39 is 5.97 Å². The number of carbonyl (C=O) groups excluding carboxylic acids is 1. The highest BCUT2D eigenvalue weighted by atomic mass is 16.4. The number of nitrogens with zero attached hydrogens (tertiary/aromatic N) is 4. The van der Waals surface area contributed by atoms with Gasteiger partial charge in [0.05, 0.1) is 18.4 Å². The van der Waals surface area contributed by atoms with Crippen LogP contribution < -0.4 is 10.2 Å². The first kappa shape index (κ1) is 11.7. The number of hydrogen-bond acceptors (Lipinski definition) is 5. The van der Waals surface area contributed by atoms with Crippen LogP contribution in [0.5, 0.6) is 0 Å². The Labute approximate surface area is 109 Å². The Kier molecular flexibility index (Phi) is 2.69. The smallest absolute Gasteiger partial charge is 0.356 e. The average Bonchev–Trinajstić information content (AvgIpc) is 2.80. The van der Waals surface area contributed by atoms with Crippen LogP contribution >= 0.6 is 0 Å². The molecule has 0 spiro atoms. The first-order valence-electron chi connectivity index (χ1n) is 6.00. The highest BCUT2D eigenvalue weighted by Gasteiger charge is 2.35. The van der Waals surface area contributed by atoms with E-state index in [1.165, 1.54) is 12.4 Å². The Morgan fingerprint density at radius 3 is 2.89 bits per heavy atom. The Hall–Kier alpha value is -2.38. The number of aromatic nitrogens is 2. The van der Waals surface area contributed by atoms with Crippen LogP contribution in [0.1, 0.15) is 10.5 Å². The van der Waals surface area contributed by atoms with Crippen LogP contribution in [-0.2, 0) is 0 Å². The molecule has 2 amide bonds. The minimum Gasteiger partial charge on any atom is -0.476 e. The number of piperazine rings is 1.